The van der Waals surface area contributed by atoms with Gasteiger partial charge in [-0.15, -0.1) is 0 Å². The van der Waals surface area contributed by atoms with Crippen LogP contribution in [0, 0.1) is 0 Å². The summed E-state index contributed by atoms with van der Waals surface area (Å²) < 4.78 is 5.29. The SMILES string of the molecule is CCc1ccc(OC)c(CN(C)C(=O)C(O)CN)c1. The number of nitrogens with two attached hydrogens (primary N) is 1. The summed E-state index contributed by atoms with van der Waals surface area (Å²) >= 11 is 0. The van der Waals surface area contributed by atoms with Crippen molar-refractivity contribution in [1.82, 2.24) is 4.90 Å². The number of carbonyl (C=O) groups excluding carboxylic acids is 1. The Kier molecular flexibility index (Phi) is 5.79. The molecule has 1 unspecified atom stereocenters. The van der Waals surface area contributed by atoms with Gasteiger partial charge in [0, 0.05) is 25.7 Å². The summed E-state index contributed by atoms with van der Waals surface area (Å²) in [6, 6.07) is 5.90. The molecular formula is C14H22N2O3. The number of amides is 1. The minimum atomic E-state index is -1.15. The molecule has 1 aromatic rings. The Morgan fingerprint density at radius 1 is 1.53 bits per heavy atom. The first-order valence-corrected chi connectivity index (χ1v) is 6.32. The van der Waals surface area contributed by atoms with Crippen molar-refractivity contribution in [2.45, 2.75) is 26.0 Å². The van der Waals surface area contributed by atoms with Crippen molar-refractivity contribution >= 4 is 5.91 Å². The van der Waals surface area contributed by atoms with Crippen molar-refractivity contribution in [3.8, 4) is 5.75 Å². The molecule has 0 aromatic heterocycles. The van der Waals surface area contributed by atoms with Gasteiger partial charge in [-0.05, 0) is 18.1 Å². The standard InChI is InChI=1S/C14H22N2O3/c1-4-10-5-6-13(19-3)11(7-10)9-16(2)14(18)12(17)8-15/h5-7,12,17H,4,8-9,15H2,1-3H3. The summed E-state index contributed by atoms with van der Waals surface area (Å²) in [5.74, 6) is 0.352. The Hall–Kier alpha value is -1.59. The lowest BCUT2D eigenvalue weighted by molar-refractivity contribution is -0.138. The van der Waals surface area contributed by atoms with Crippen molar-refractivity contribution in [2.24, 2.45) is 5.73 Å². The van der Waals surface area contributed by atoms with E-state index in [9.17, 15) is 9.90 Å². The molecule has 0 bridgehead atoms. The average Bonchev–Trinajstić information content (AvgIpc) is 2.45. The molecule has 3 N–H and O–H groups in total. The van der Waals surface area contributed by atoms with E-state index in [0.717, 1.165) is 17.7 Å². The summed E-state index contributed by atoms with van der Waals surface area (Å²) in [5, 5.41) is 9.45. The van der Waals surface area contributed by atoms with Crippen LogP contribution in [0.1, 0.15) is 18.1 Å². The van der Waals surface area contributed by atoms with Crippen molar-refractivity contribution < 1.29 is 14.6 Å². The van der Waals surface area contributed by atoms with Gasteiger partial charge in [0.2, 0.25) is 0 Å². The Balaban J connectivity index is 2.88. The number of hydrogen-bond donors (Lipinski definition) is 2. The summed E-state index contributed by atoms with van der Waals surface area (Å²) in [7, 11) is 3.24. The van der Waals surface area contributed by atoms with Gasteiger partial charge >= 0.3 is 0 Å². The third-order valence-corrected chi connectivity index (χ3v) is 3.05. The van der Waals surface area contributed by atoms with Crippen molar-refractivity contribution in [3.63, 3.8) is 0 Å². The number of hydrogen-bond acceptors (Lipinski definition) is 4. The fourth-order valence-corrected chi connectivity index (χ4v) is 1.86. The number of rotatable bonds is 6. The van der Waals surface area contributed by atoms with Crippen LogP contribution in [0.5, 0.6) is 5.75 Å². The highest BCUT2D eigenvalue weighted by Gasteiger charge is 2.19. The van der Waals surface area contributed by atoms with Gasteiger partial charge in [-0.2, -0.15) is 0 Å². The smallest absolute Gasteiger partial charge is 0.252 e. The molecule has 0 radical (unpaired) electrons. The van der Waals surface area contributed by atoms with Crippen LogP contribution in [0.15, 0.2) is 18.2 Å². The molecule has 0 aliphatic heterocycles. The zero-order valence-electron chi connectivity index (χ0n) is 11.7. The number of aryl methyl sites for hydroxylation is 1. The van der Waals surface area contributed by atoms with Crippen LogP contribution in [-0.2, 0) is 17.8 Å². The van der Waals surface area contributed by atoms with E-state index in [-0.39, 0.29) is 12.5 Å². The van der Waals surface area contributed by atoms with E-state index in [1.165, 1.54) is 10.5 Å². The molecule has 1 rings (SSSR count). The Morgan fingerprint density at radius 3 is 2.74 bits per heavy atom. The number of methoxy groups -OCH3 is 1. The quantitative estimate of drug-likeness (QED) is 0.788. The zero-order valence-corrected chi connectivity index (χ0v) is 11.7. The van der Waals surface area contributed by atoms with Gasteiger partial charge in [-0.3, -0.25) is 4.79 Å². The van der Waals surface area contributed by atoms with E-state index in [4.69, 9.17) is 10.5 Å². The fraction of sp³-hybridized carbons (Fsp3) is 0.500. The molecule has 5 nitrogen and oxygen atoms in total. The van der Waals surface area contributed by atoms with E-state index in [0.29, 0.717) is 6.54 Å². The molecule has 0 aliphatic carbocycles. The van der Waals surface area contributed by atoms with Gasteiger partial charge in [0.15, 0.2) is 0 Å². The third-order valence-electron chi connectivity index (χ3n) is 3.05. The summed E-state index contributed by atoms with van der Waals surface area (Å²) in [4.78, 5) is 13.2. The highest BCUT2D eigenvalue weighted by atomic mass is 16.5. The molecule has 0 saturated heterocycles. The predicted octanol–water partition coefficient (Wildman–Crippen LogP) is 0.536. The van der Waals surface area contributed by atoms with Gasteiger partial charge < -0.3 is 20.5 Å². The summed E-state index contributed by atoms with van der Waals surface area (Å²) in [6.45, 7) is 2.38. The molecule has 1 aromatic carbocycles. The van der Waals surface area contributed by atoms with Gasteiger partial charge in [0.05, 0.1) is 7.11 Å². The highest BCUT2D eigenvalue weighted by molar-refractivity contribution is 5.80. The molecule has 1 atom stereocenters. The van der Waals surface area contributed by atoms with E-state index in [1.54, 1.807) is 14.2 Å². The topological polar surface area (TPSA) is 75.8 Å². The van der Waals surface area contributed by atoms with E-state index < -0.39 is 6.10 Å². The molecule has 0 heterocycles. The average molecular weight is 266 g/mol. The number of nitrogens with zero attached hydrogens (tertiary/aromatic N) is 1. The number of aliphatic hydroxyl groups is 1. The van der Waals surface area contributed by atoms with Crippen LogP contribution in [0.3, 0.4) is 0 Å². The molecule has 19 heavy (non-hydrogen) atoms. The molecule has 5 heteroatoms. The highest BCUT2D eigenvalue weighted by Crippen LogP contribution is 2.21. The summed E-state index contributed by atoms with van der Waals surface area (Å²) in [6.07, 6.45) is -0.231. The van der Waals surface area contributed by atoms with E-state index in [2.05, 4.69) is 6.92 Å². The molecule has 0 saturated carbocycles. The number of aliphatic hydroxyl groups excluding tert-OH is 1. The maximum Gasteiger partial charge on any atom is 0.252 e. The predicted molar refractivity (Wildman–Crippen MR) is 73.9 cm³/mol. The van der Waals surface area contributed by atoms with Crippen LogP contribution >= 0.6 is 0 Å². The van der Waals surface area contributed by atoms with Crippen LogP contribution in [0.2, 0.25) is 0 Å². The second kappa shape index (κ2) is 7.11. The maximum absolute atomic E-state index is 11.8. The van der Waals surface area contributed by atoms with Crippen LogP contribution in [-0.4, -0.2) is 42.7 Å². The van der Waals surface area contributed by atoms with Crippen LogP contribution in [0.25, 0.3) is 0 Å². The second-order valence-corrected chi connectivity index (χ2v) is 4.45. The van der Waals surface area contributed by atoms with Gasteiger partial charge in [-0.25, -0.2) is 0 Å². The first kappa shape index (κ1) is 15.5. The molecule has 106 valence electrons. The van der Waals surface area contributed by atoms with Crippen molar-refractivity contribution in [1.29, 1.82) is 0 Å². The van der Waals surface area contributed by atoms with Crippen LogP contribution < -0.4 is 10.5 Å². The normalized spacial score (nSPS) is 12.1. The van der Waals surface area contributed by atoms with Gasteiger partial charge in [-0.1, -0.05) is 19.1 Å². The first-order valence-electron chi connectivity index (χ1n) is 6.32. The van der Waals surface area contributed by atoms with Crippen molar-refractivity contribution in [3.05, 3.63) is 29.3 Å². The van der Waals surface area contributed by atoms with Gasteiger partial charge in [0.1, 0.15) is 11.9 Å². The van der Waals surface area contributed by atoms with Crippen molar-refractivity contribution in [2.75, 3.05) is 20.7 Å². The van der Waals surface area contributed by atoms with E-state index >= 15 is 0 Å². The maximum atomic E-state index is 11.8. The minimum absolute atomic E-state index is 0.0741. The minimum Gasteiger partial charge on any atom is -0.496 e. The number of benzene rings is 1. The summed E-state index contributed by atoms with van der Waals surface area (Å²) in [5.41, 5.74) is 7.38. The second-order valence-electron chi connectivity index (χ2n) is 4.45. The van der Waals surface area contributed by atoms with Crippen LogP contribution in [0.4, 0.5) is 0 Å². The number of likely N-dealkylation sites (N-methyl/N-ethyl adjacent to an activating group) is 1. The van der Waals surface area contributed by atoms with E-state index in [1.807, 2.05) is 18.2 Å². The molecule has 0 aliphatic rings. The fourth-order valence-electron chi connectivity index (χ4n) is 1.86. The first-order chi connectivity index (χ1) is 9.03. The zero-order chi connectivity index (χ0) is 14.4. The Morgan fingerprint density at radius 2 is 2.21 bits per heavy atom. The monoisotopic (exact) mass is 266 g/mol. The van der Waals surface area contributed by atoms with Gasteiger partial charge in [0.25, 0.3) is 5.91 Å². The Bertz CT molecular complexity index is 435. The number of ether oxygens (including phenoxy) is 1. The third kappa shape index (κ3) is 3.94. The lowest BCUT2D eigenvalue weighted by Gasteiger charge is -2.21. The largest absolute Gasteiger partial charge is 0.496 e. The molecular weight excluding hydrogens is 244 g/mol. The lowest BCUT2D eigenvalue weighted by atomic mass is 10.1. The number of carbonyl (C=O) groups is 1. The lowest BCUT2D eigenvalue weighted by Crippen LogP contribution is -2.40. The Labute approximate surface area is 114 Å². The molecule has 0 fully saturated rings. The molecule has 0 spiro atoms. The molecule has 1 amide bonds.